The molecule has 2 unspecified atom stereocenters. The second kappa shape index (κ2) is 5.98. The van der Waals surface area contributed by atoms with Crippen molar-refractivity contribution in [1.29, 1.82) is 10.7 Å². The van der Waals surface area contributed by atoms with E-state index in [9.17, 15) is 10.4 Å². The number of benzene rings is 1. The number of aryl methyl sites for hydroxylation is 1. The summed E-state index contributed by atoms with van der Waals surface area (Å²) in [4.78, 5) is 0. The van der Waals surface area contributed by atoms with E-state index in [0.29, 0.717) is 21.2 Å². The number of ether oxygens (including phenoxy) is 1. The van der Waals surface area contributed by atoms with Gasteiger partial charge >= 0.3 is 0 Å². The van der Waals surface area contributed by atoms with Crippen molar-refractivity contribution in [1.82, 2.24) is 10.2 Å². The Morgan fingerprint density at radius 1 is 1.43 bits per heavy atom. The minimum Gasteiger partial charge on any atom is -0.506 e. The maximum Gasteiger partial charge on any atom is 0.243 e. The van der Waals surface area contributed by atoms with Crippen LogP contribution in [0.25, 0.3) is 0 Å². The van der Waals surface area contributed by atoms with Crippen LogP contribution in [0.5, 0.6) is 11.6 Å². The Balaban J connectivity index is 2.25. The number of aromatic nitrogens is 2. The molecule has 8 heteroatoms. The Morgan fingerprint density at radius 2 is 2.09 bits per heavy atom. The number of nitrogens with zero attached hydrogens (tertiary/aromatic N) is 2. The molecule has 0 bridgehead atoms. The van der Waals surface area contributed by atoms with E-state index in [0.717, 1.165) is 16.8 Å². The molecule has 2 heterocycles. The Bertz CT molecular complexity index is 817. The highest BCUT2D eigenvalue weighted by Gasteiger charge is 2.40. The highest BCUT2D eigenvalue weighted by Crippen LogP contribution is 2.45. The van der Waals surface area contributed by atoms with E-state index in [2.05, 4.69) is 48.1 Å². The summed E-state index contributed by atoms with van der Waals surface area (Å²) < 4.78 is 6.43. The van der Waals surface area contributed by atoms with Crippen LogP contribution in [0.15, 0.2) is 21.1 Å². The number of aromatic amines is 1. The molecule has 1 aromatic heterocycles. The molecular weight excluding hydrogens is 428 g/mol. The zero-order valence-corrected chi connectivity index (χ0v) is 15.2. The molecule has 0 spiro atoms. The molecule has 3 rings (SSSR count). The standard InChI is InChI=1S/C15H12Br2N4O2/c1-2-10-12-11(6-3-8(16)13(22)9(17)4-6)7(5-18)14(19)23-15(12)21-20-10/h3-4,7,11,19,22H,2H2,1H3,(H,20,21). The average Bonchev–Trinajstić information content (AvgIpc) is 2.93. The van der Waals surface area contributed by atoms with Gasteiger partial charge in [-0.25, -0.2) is 0 Å². The molecule has 0 radical (unpaired) electrons. The summed E-state index contributed by atoms with van der Waals surface area (Å²) in [6.07, 6.45) is 0.702. The predicted molar refractivity (Wildman–Crippen MR) is 90.8 cm³/mol. The van der Waals surface area contributed by atoms with Gasteiger partial charge < -0.3 is 9.84 Å². The summed E-state index contributed by atoms with van der Waals surface area (Å²) >= 11 is 6.63. The lowest BCUT2D eigenvalue weighted by Gasteiger charge is -2.28. The molecule has 2 atom stereocenters. The maximum absolute atomic E-state index is 9.92. The lowest BCUT2D eigenvalue weighted by molar-refractivity contribution is 0.435. The van der Waals surface area contributed by atoms with E-state index in [1.807, 2.05) is 6.92 Å². The van der Waals surface area contributed by atoms with E-state index >= 15 is 0 Å². The summed E-state index contributed by atoms with van der Waals surface area (Å²) in [5.41, 5.74) is 2.45. The Kier molecular flexibility index (Phi) is 4.17. The molecule has 23 heavy (non-hydrogen) atoms. The molecule has 0 saturated carbocycles. The van der Waals surface area contributed by atoms with Crippen LogP contribution < -0.4 is 4.74 Å². The Hall–Kier alpha value is -1.85. The highest BCUT2D eigenvalue weighted by molar-refractivity contribution is 9.11. The van der Waals surface area contributed by atoms with Gasteiger partial charge in [0.15, 0.2) is 0 Å². The number of halogens is 2. The fraction of sp³-hybridized carbons (Fsp3) is 0.267. The van der Waals surface area contributed by atoms with Gasteiger partial charge in [0.05, 0.1) is 15.0 Å². The van der Waals surface area contributed by atoms with E-state index in [-0.39, 0.29) is 11.6 Å². The van der Waals surface area contributed by atoms with Gasteiger partial charge in [0.25, 0.3) is 0 Å². The molecule has 3 N–H and O–H groups in total. The summed E-state index contributed by atoms with van der Waals surface area (Å²) in [5.74, 6) is -0.845. The topological polar surface area (TPSA) is 106 Å². The van der Waals surface area contributed by atoms with Gasteiger partial charge in [0, 0.05) is 17.2 Å². The van der Waals surface area contributed by atoms with Gasteiger partial charge in [-0.2, -0.15) is 5.26 Å². The van der Waals surface area contributed by atoms with Crippen LogP contribution in [0, 0.1) is 22.7 Å². The third-order valence-electron chi connectivity index (χ3n) is 3.87. The third kappa shape index (κ3) is 2.54. The van der Waals surface area contributed by atoms with Crippen LogP contribution in [0.4, 0.5) is 0 Å². The van der Waals surface area contributed by atoms with E-state index in [1.54, 1.807) is 12.1 Å². The molecule has 2 aromatic rings. The number of fused-ring (bicyclic) bond motifs is 1. The summed E-state index contributed by atoms with van der Waals surface area (Å²) in [5, 5.41) is 34.5. The summed E-state index contributed by atoms with van der Waals surface area (Å²) in [6, 6.07) is 5.66. The van der Waals surface area contributed by atoms with Crippen molar-refractivity contribution in [3.05, 3.63) is 37.9 Å². The maximum atomic E-state index is 9.92. The van der Waals surface area contributed by atoms with Gasteiger partial charge in [0.1, 0.15) is 11.7 Å². The number of aromatic hydroxyl groups is 1. The van der Waals surface area contributed by atoms with Crippen molar-refractivity contribution >= 4 is 37.8 Å². The van der Waals surface area contributed by atoms with Crippen LogP contribution in [0.2, 0.25) is 0 Å². The molecule has 1 aromatic carbocycles. The Morgan fingerprint density at radius 3 is 2.65 bits per heavy atom. The molecule has 1 aliphatic rings. The lowest BCUT2D eigenvalue weighted by Crippen LogP contribution is -2.31. The summed E-state index contributed by atoms with van der Waals surface area (Å²) in [7, 11) is 0. The van der Waals surface area contributed by atoms with Crippen molar-refractivity contribution in [3.8, 4) is 17.7 Å². The highest BCUT2D eigenvalue weighted by atomic mass is 79.9. The molecule has 118 valence electrons. The van der Waals surface area contributed by atoms with Crippen LogP contribution in [0.3, 0.4) is 0 Å². The smallest absolute Gasteiger partial charge is 0.243 e. The van der Waals surface area contributed by atoms with Crippen LogP contribution >= 0.6 is 31.9 Å². The first kappa shape index (κ1) is 16.0. The normalized spacial score (nSPS) is 19.8. The number of nitrogens with one attached hydrogen (secondary N) is 2. The number of H-pyrrole nitrogens is 1. The molecule has 6 nitrogen and oxygen atoms in total. The lowest BCUT2D eigenvalue weighted by atomic mass is 9.79. The monoisotopic (exact) mass is 438 g/mol. The number of nitriles is 1. The quantitative estimate of drug-likeness (QED) is 0.660. The van der Waals surface area contributed by atoms with Crippen molar-refractivity contribution in [2.24, 2.45) is 5.92 Å². The van der Waals surface area contributed by atoms with Crippen LogP contribution in [0.1, 0.15) is 29.7 Å². The van der Waals surface area contributed by atoms with Crippen molar-refractivity contribution in [2.75, 3.05) is 0 Å². The predicted octanol–water partition coefficient (Wildman–Crippen LogP) is 3.84. The van der Waals surface area contributed by atoms with Crippen LogP contribution in [-0.2, 0) is 6.42 Å². The molecule has 0 fully saturated rings. The average molecular weight is 440 g/mol. The number of phenolic OH excluding ortho intramolecular Hbond substituents is 1. The minimum atomic E-state index is -0.756. The third-order valence-corrected chi connectivity index (χ3v) is 5.08. The molecule has 0 aliphatic carbocycles. The van der Waals surface area contributed by atoms with Gasteiger partial charge in [-0.1, -0.05) is 6.92 Å². The van der Waals surface area contributed by atoms with E-state index in [4.69, 9.17) is 10.1 Å². The van der Waals surface area contributed by atoms with Gasteiger partial charge in [-0.05, 0) is 56.0 Å². The van der Waals surface area contributed by atoms with E-state index in [1.165, 1.54) is 0 Å². The van der Waals surface area contributed by atoms with Crippen molar-refractivity contribution in [2.45, 2.75) is 19.3 Å². The SMILES string of the molecule is CCc1[nH]nc2c1C(c1cc(Br)c(O)c(Br)c1)C(C#N)C(=N)O2. The molecular formula is C15H12Br2N4O2. The molecule has 0 amide bonds. The van der Waals surface area contributed by atoms with Gasteiger partial charge in [-0.15, -0.1) is 5.10 Å². The number of hydrogen-bond donors (Lipinski definition) is 3. The number of rotatable bonds is 2. The largest absolute Gasteiger partial charge is 0.506 e. The Labute approximate surface area is 149 Å². The van der Waals surface area contributed by atoms with Crippen LogP contribution in [-0.4, -0.2) is 21.2 Å². The zero-order valence-electron chi connectivity index (χ0n) is 12.0. The fourth-order valence-corrected chi connectivity index (χ4v) is 4.00. The first-order valence-electron chi connectivity index (χ1n) is 6.88. The van der Waals surface area contributed by atoms with Crippen molar-refractivity contribution < 1.29 is 9.84 Å². The van der Waals surface area contributed by atoms with Gasteiger partial charge in [0.2, 0.25) is 11.8 Å². The minimum absolute atomic E-state index is 0.0903. The molecule has 1 aliphatic heterocycles. The fourth-order valence-electron chi connectivity index (χ4n) is 2.78. The first-order valence-corrected chi connectivity index (χ1v) is 8.47. The first-order chi connectivity index (χ1) is 11.0. The molecule has 0 saturated heterocycles. The second-order valence-electron chi connectivity index (χ2n) is 5.16. The van der Waals surface area contributed by atoms with E-state index < -0.39 is 11.8 Å². The summed E-state index contributed by atoms with van der Waals surface area (Å²) in [6.45, 7) is 1.98. The number of phenols is 1. The van der Waals surface area contributed by atoms with Gasteiger partial charge in [-0.3, -0.25) is 10.5 Å². The number of hydrogen-bond acceptors (Lipinski definition) is 5. The second-order valence-corrected chi connectivity index (χ2v) is 6.87. The zero-order chi connectivity index (χ0) is 16.7. The van der Waals surface area contributed by atoms with Crippen molar-refractivity contribution in [3.63, 3.8) is 0 Å².